The minimum atomic E-state index is -1.42. The highest BCUT2D eigenvalue weighted by atomic mass is 16.4. The van der Waals surface area contributed by atoms with Gasteiger partial charge in [0, 0.05) is 36.3 Å². The predicted octanol–water partition coefficient (Wildman–Crippen LogP) is -0.941. The Morgan fingerprint density at radius 3 is 2.53 bits per heavy atom. The maximum atomic E-state index is 12.4. The van der Waals surface area contributed by atoms with Crippen molar-refractivity contribution in [3.8, 4) is 0 Å². The number of aromatic nitrogens is 2. The van der Waals surface area contributed by atoms with Gasteiger partial charge >= 0.3 is 11.9 Å². The Morgan fingerprint density at radius 1 is 1.24 bits per heavy atom. The van der Waals surface area contributed by atoms with Gasteiger partial charge in [-0.3, -0.25) is 14.6 Å². The van der Waals surface area contributed by atoms with Crippen LogP contribution in [-0.4, -0.2) is 68.7 Å². The summed E-state index contributed by atoms with van der Waals surface area (Å²) in [5, 5.41) is 29.7. The number of carbonyl (C=O) groups is 3. The second kappa shape index (κ2) is 10.8. The number of rotatable bonds is 9. The third kappa shape index (κ3) is 6.23. The largest absolute Gasteiger partial charge is 0.480 e. The zero-order chi connectivity index (χ0) is 24.1. The van der Waals surface area contributed by atoms with Crippen LogP contribution < -0.4 is 32.6 Å². The van der Waals surface area contributed by atoms with Crippen LogP contribution in [0, 0.1) is 0 Å². The molecule has 1 aromatic carbocycles. The zero-order valence-corrected chi connectivity index (χ0v) is 17.8. The SMILES string of the molecule is C=C(C[C@H](NC(=O)c1ccc(NCC2CNc3nc(N)[nH]c(=O)c3N2)cc1)C(=O)O)C(=O)O.O. The molecule has 1 aliphatic rings. The van der Waals surface area contributed by atoms with Crippen LogP contribution in [0.25, 0.3) is 0 Å². The van der Waals surface area contributed by atoms with Gasteiger partial charge in [0.1, 0.15) is 11.7 Å². The van der Waals surface area contributed by atoms with E-state index in [1.807, 2.05) is 0 Å². The van der Waals surface area contributed by atoms with Crippen molar-refractivity contribution in [2.45, 2.75) is 18.5 Å². The fourth-order valence-corrected chi connectivity index (χ4v) is 3.11. The van der Waals surface area contributed by atoms with E-state index in [4.69, 9.17) is 10.8 Å². The average molecular weight is 475 g/mol. The van der Waals surface area contributed by atoms with Crippen LogP contribution in [0.1, 0.15) is 16.8 Å². The van der Waals surface area contributed by atoms with Crippen LogP contribution in [0.3, 0.4) is 0 Å². The van der Waals surface area contributed by atoms with Crippen molar-refractivity contribution in [1.29, 1.82) is 0 Å². The second-order valence-corrected chi connectivity index (χ2v) is 7.33. The van der Waals surface area contributed by atoms with Gasteiger partial charge in [0.2, 0.25) is 5.95 Å². The monoisotopic (exact) mass is 475 g/mol. The van der Waals surface area contributed by atoms with Crippen LogP contribution in [0.5, 0.6) is 0 Å². The molecule has 0 bridgehead atoms. The van der Waals surface area contributed by atoms with Gasteiger partial charge < -0.3 is 42.7 Å². The van der Waals surface area contributed by atoms with Crippen LogP contribution in [-0.2, 0) is 9.59 Å². The highest BCUT2D eigenvalue weighted by molar-refractivity contribution is 5.97. The lowest BCUT2D eigenvalue weighted by Gasteiger charge is -2.27. The molecule has 0 spiro atoms. The van der Waals surface area contributed by atoms with E-state index >= 15 is 0 Å². The number of hydrogen-bond donors (Lipinski definition) is 8. The van der Waals surface area contributed by atoms with E-state index in [-0.39, 0.29) is 34.2 Å². The molecule has 1 unspecified atom stereocenters. The molecule has 182 valence electrons. The normalized spacial score (nSPS) is 14.8. The van der Waals surface area contributed by atoms with Gasteiger partial charge in [-0.1, -0.05) is 6.58 Å². The zero-order valence-electron chi connectivity index (χ0n) is 17.8. The summed E-state index contributed by atoms with van der Waals surface area (Å²) in [6.07, 6.45) is -0.424. The molecule has 0 aliphatic carbocycles. The summed E-state index contributed by atoms with van der Waals surface area (Å²) < 4.78 is 0. The number of aliphatic carboxylic acids is 2. The molecule has 11 N–H and O–H groups in total. The molecule has 1 aromatic heterocycles. The molecule has 3 rings (SSSR count). The van der Waals surface area contributed by atoms with E-state index in [0.717, 1.165) is 0 Å². The van der Waals surface area contributed by atoms with Crippen molar-refractivity contribution in [2.24, 2.45) is 0 Å². The van der Waals surface area contributed by atoms with Gasteiger partial charge in [-0.05, 0) is 24.3 Å². The standard InChI is InChI=1S/C20H23N7O6.H2O/c1-9(18(30)31)6-13(19(32)33)25-16(28)10-2-4-11(5-3-10)22-7-12-8-23-15-14(24-12)17(29)27-20(21)26-15;/h2-5,12-13,22,24H,1,6-8H2,(H,25,28)(H,30,31)(H,32,33)(H4,21,23,26,27,29);1H2/t12?,13-;/m0./s1. The molecular formula is C20H25N7O7. The van der Waals surface area contributed by atoms with E-state index in [2.05, 4.69) is 37.8 Å². The molecule has 0 saturated heterocycles. The first kappa shape index (κ1) is 25.7. The molecule has 0 fully saturated rings. The third-order valence-corrected chi connectivity index (χ3v) is 4.86. The van der Waals surface area contributed by atoms with Crippen LogP contribution in [0.15, 0.2) is 41.2 Å². The Morgan fingerprint density at radius 2 is 1.91 bits per heavy atom. The quantitative estimate of drug-likeness (QED) is 0.206. The average Bonchev–Trinajstić information content (AvgIpc) is 2.77. The van der Waals surface area contributed by atoms with Crippen molar-refractivity contribution >= 4 is 41.0 Å². The van der Waals surface area contributed by atoms with Crippen molar-refractivity contribution < 1.29 is 30.1 Å². The Labute approximate surface area is 192 Å². The van der Waals surface area contributed by atoms with Crippen LogP contribution >= 0.6 is 0 Å². The Bertz CT molecular complexity index is 1150. The summed E-state index contributed by atoms with van der Waals surface area (Å²) in [4.78, 5) is 53.0. The Hall–Kier alpha value is -4.59. The number of carbonyl (C=O) groups excluding carboxylic acids is 1. The number of H-pyrrole nitrogens is 1. The van der Waals surface area contributed by atoms with E-state index < -0.39 is 30.3 Å². The molecular weight excluding hydrogens is 450 g/mol. The van der Waals surface area contributed by atoms with Gasteiger partial charge in [0.15, 0.2) is 5.82 Å². The third-order valence-electron chi connectivity index (χ3n) is 4.86. The van der Waals surface area contributed by atoms with E-state index in [1.54, 1.807) is 12.1 Å². The molecule has 1 amide bonds. The van der Waals surface area contributed by atoms with Crippen molar-refractivity contribution in [3.05, 3.63) is 52.3 Å². The predicted molar refractivity (Wildman–Crippen MR) is 124 cm³/mol. The Kier molecular flexibility index (Phi) is 8.17. The van der Waals surface area contributed by atoms with Crippen molar-refractivity contribution in [3.63, 3.8) is 0 Å². The first-order valence-corrected chi connectivity index (χ1v) is 9.83. The minimum absolute atomic E-state index is 0. The number of nitrogen functional groups attached to an aromatic ring is 1. The topological polar surface area (TPSA) is 243 Å². The lowest BCUT2D eigenvalue weighted by Crippen LogP contribution is -2.41. The summed E-state index contributed by atoms with van der Waals surface area (Å²) in [6, 6.07) is 4.73. The summed E-state index contributed by atoms with van der Waals surface area (Å²) >= 11 is 0. The van der Waals surface area contributed by atoms with Crippen molar-refractivity contribution in [1.82, 2.24) is 15.3 Å². The fourth-order valence-electron chi connectivity index (χ4n) is 3.11. The van der Waals surface area contributed by atoms with E-state index in [1.165, 1.54) is 12.1 Å². The van der Waals surface area contributed by atoms with Crippen LogP contribution in [0.4, 0.5) is 23.1 Å². The van der Waals surface area contributed by atoms with Crippen molar-refractivity contribution in [2.75, 3.05) is 34.8 Å². The number of benzene rings is 1. The molecule has 2 atom stereocenters. The first-order valence-electron chi connectivity index (χ1n) is 9.83. The molecule has 2 aromatic rings. The second-order valence-electron chi connectivity index (χ2n) is 7.33. The number of aromatic amines is 1. The summed E-state index contributed by atoms with van der Waals surface area (Å²) in [6.45, 7) is 4.23. The number of nitrogens with two attached hydrogens (primary N) is 1. The maximum absolute atomic E-state index is 12.4. The highest BCUT2D eigenvalue weighted by Crippen LogP contribution is 2.20. The summed E-state index contributed by atoms with van der Waals surface area (Å²) in [7, 11) is 0. The molecule has 14 nitrogen and oxygen atoms in total. The molecule has 0 saturated carbocycles. The molecule has 2 heterocycles. The lowest BCUT2D eigenvalue weighted by atomic mass is 10.1. The molecule has 34 heavy (non-hydrogen) atoms. The summed E-state index contributed by atoms with van der Waals surface area (Å²) in [5.74, 6) is -2.95. The van der Waals surface area contributed by atoms with Gasteiger partial charge in [-0.15, -0.1) is 0 Å². The van der Waals surface area contributed by atoms with Gasteiger partial charge in [-0.25, -0.2) is 9.59 Å². The number of fused-ring (bicyclic) bond motifs is 1. The number of carboxylic acids is 2. The smallest absolute Gasteiger partial charge is 0.331 e. The number of amides is 1. The number of carboxylic acid groups (broad SMARTS) is 2. The summed E-state index contributed by atoms with van der Waals surface area (Å²) in [5.41, 5.74) is 6.02. The van der Waals surface area contributed by atoms with E-state index in [9.17, 15) is 24.3 Å². The van der Waals surface area contributed by atoms with Gasteiger partial charge in [0.05, 0.1) is 6.04 Å². The number of nitrogens with one attached hydrogen (secondary N) is 5. The molecule has 14 heteroatoms. The maximum Gasteiger partial charge on any atom is 0.331 e. The number of hydrogen-bond acceptors (Lipinski definition) is 9. The van der Waals surface area contributed by atoms with Gasteiger partial charge in [-0.2, -0.15) is 4.98 Å². The first-order chi connectivity index (χ1) is 15.6. The fraction of sp³-hybridized carbons (Fsp3) is 0.250. The number of anilines is 4. The van der Waals surface area contributed by atoms with Gasteiger partial charge in [0.25, 0.3) is 11.5 Å². The minimum Gasteiger partial charge on any atom is -0.480 e. The van der Waals surface area contributed by atoms with Crippen LogP contribution in [0.2, 0.25) is 0 Å². The highest BCUT2D eigenvalue weighted by Gasteiger charge is 2.24. The molecule has 0 radical (unpaired) electrons. The Balaban J connectivity index is 0.00000408. The number of nitrogens with zero attached hydrogens (tertiary/aromatic N) is 1. The lowest BCUT2D eigenvalue weighted by molar-refractivity contribution is -0.139. The molecule has 1 aliphatic heterocycles. The van der Waals surface area contributed by atoms with E-state index in [0.29, 0.717) is 30.3 Å².